The molecule has 2 aliphatic heterocycles. The Labute approximate surface area is 246 Å². The maximum absolute atomic E-state index is 15.0. The molecule has 1 aromatic heterocycles. The summed E-state index contributed by atoms with van der Waals surface area (Å²) in [4.78, 5) is 45.1. The van der Waals surface area contributed by atoms with Crippen molar-refractivity contribution in [2.75, 3.05) is 30.3 Å². The number of alkyl halides is 3. The Hall–Kier alpha value is -3.81. The van der Waals surface area contributed by atoms with E-state index in [1.807, 2.05) is 0 Å². The average molecular weight is 625 g/mol. The second-order valence-corrected chi connectivity index (χ2v) is 11.4. The highest BCUT2D eigenvalue weighted by Crippen LogP contribution is 2.48. The van der Waals surface area contributed by atoms with Gasteiger partial charge in [-0.05, 0) is 30.4 Å². The van der Waals surface area contributed by atoms with E-state index in [4.69, 9.17) is 0 Å². The number of piperazine rings is 1. The third-order valence-corrected chi connectivity index (χ3v) is 8.79. The lowest BCUT2D eigenvalue weighted by Gasteiger charge is -2.42. The summed E-state index contributed by atoms with van der Waals surface area (Å²) in [5, 5.41) is -0.0298. The van der Waals surface area contributed by atoms with E-state index in [0.717, 1.165) is 34.9 Å². The van der Waals surface area contributed by atoms with E-state index in [9.17, 15) is 36.3 Å². The molecule has 0 bridgehead atoms. The van der Waals surface area contributed by atoms with Gasteiger partial charge in [-0.2, -0.15) is 18.2 Å². The molecule has 228 valence electrons. The molecule has 2 aliphatic rings. The molecule has 1 saturated heterocycles. The Morgan fingerprint density at radius 2 is 1.88 bits per heavy atom. The molecule has 5 rings (SSSR count). The van der Waals surface area contributed by atoms with Crippen molar-refractivity contribution in [3.63, 3.8) is 0 Å². The standard InChI is InChI=1S/C29H26F6N4O3S/c1-3-18(40)12-17-14-37(8-9-38(17)27(41)15(2)30)26-20-13-21(29(33,34)35)23(19-6-5-16(31)11-22(19)32)25-24(20)39(28(42)36-26)7-4-10-43-25/h5-6,11,13,17H,2-4,7-10,12,14H2,1H3. The molecule has 1 atom stereocenters. The normalized spacial score (nSPS) is 17.2. The van der Waals surface area contributed by atoms with Gasteiger partial charge in [-0.25, -0.2) is 18.0 Å². The number of aromatic nitrogens is 2. The number of ketones is 1. The quantitative estimate of drug-likeness (QED) is 0.258. The van der Waals surface area contributed by atoms with E-state index in [0.29, 0.717) is 18.2 Å². The fraction of sp³-hybridized carbons (Fsp3) is 0.379. The lowest BCUT2D eigenvalue weighted by Crippen LogP contribution is -2.56. The van der Waals surface area contributed by atoms with Crippen LogP contribution in [0.1, 0.15) is 31.7 Å². The largest absolute Gasteiger partial charge is 0.417 e. The number of rotatable bonds is 6. The van der Waals surface area contributed by atoms with Crippen molar-refractivity contribution in [1.29, 1.82) is 0 Å². The third kappa shape index (κ3) is 5.76. The van der Waals surface area contributed by atoms with Crippen LogP contribution in [0.25, 0.3) is 22.0 Å². The van der Waals surface area contributed by atoms with Gasteiger partial charge in [0.05, 0.1) is 17.1 Å². The molecule has 7 nitrogen and oxygen atoms in total. The van der Waals surface area contributed by atoms with Crippen LogP contribution in [-0.2, 0) is 22.3 Å². The van der Waals surface area contributed by atoms with Crippen molar-refractivity contribution in [3.05, 3.63) is 64.4 Å². The summed E-state index contributed by atoms with van der Waals surface area (Å²) in [5.74, 6) is -4.37. The fourth-order valence-electron chi connectivity index (χ4n) is 5.61. The van der Waals surface area contributed by atoms with Crippen LogP contribution in [0.5, 0.6) is 0 Å². The SMILES string of the molecule is C=C(F)C(=O)N1CCN(c2nc(=O)n3c4c(c(-c5ccc(F)cc5F)c(C(F)(F)F)cc24)SCCC3)CC1CC(=O)CC. The van der Waals surface area contributed by atoms with Gasteiger partial charge in [-0.15, -0.1) is 11.8 Å². The molecule has 0 spiro atoms. The van der Waals surface area contributed by atoms with Crippen LogP contribution in [0, 0.1) is 11.6 Å². The first kappa shape index (κ1) is 30.6. The first-order chi connectivity index (χ1) is 20.3. The monoisotopic (exact) mass is 624 g/mol. The average Bonchev–Trinajstić information content (AvgIpc) is 3.18. The number of nitrogens with zero attached hydrogens (tertiary/aromatic N) is 4. The minimum absolute atomic E-state index is 0.00818. The van der Waals surface area contributed by atoms with Crippen molar-refractivity contribution < 1.29 is 35.9 Å². The summed E-state index contributed by atoms with van der Waals surface area (Å²) in [7, 11) is 0. The number of thioether (sulfide) groups is 1. The zero-order valence-electron chi connectivity index (χ0n) is 22.9. The zero-order valence-corrected chi connectivity index (χ0v) is 23.8. The van der Waals surface area contributed by atoms with Gasteiger partial charge in [0.2, 0.25) is 0 Å². The smallest absolute Gasteiger partial charge is 0.352 e. The number of amides is 1. The highest BCUT2D eigenvalue weighted by Gasteiger charge is 2.40. The number of anilines is 1. The van der Waals surface area contributed by atoms with Gasteiger partial charge < -0.3 is 9.80 Å². The number of Topliss-reactive ketones (excluding diaryl/α,β-unsaturated/α-hetero) is 1. The summed E-state index contributed by atoms with van der Waals surface area (Å²) in [6.45, 7) is 4.56. The molecule has 2 aromatic carbocycles. The summed E-state index contributed by atoms with van der Waals surface area (Å²) in [6, 6.07) is 2.27. The molecule has 0 radical (unpaired) electrons. The van der Waals surface area contributed by atoms with Crippen molar-refractivity contribution in [3.8, 4) is 11.1 Å². The van der Waals surface area contributed by atoms with Crippen molar-refractivity contribution >= 4 is 40.2 Å². The van der Waals surface area contributed by atoms with E-state index in [2.05, 4.69) is 11.6 Å². The predicted molar refractivity (Wildman–Crippen MR) is 150 cm³/mol. The Morgan fingerprint density at radius 3 is 2.53 bits per heavy atom. The number of carbonyl (C=O) groups is 2. The van der Waals surface area contributed by atoms with Crippen molar-refractivity contribution in [2.45, 2.75) is 49.8 Å². The molecule has 3 heterocycles. The molecule has 0 N–H and O–H groups in total. The fourth-order valence-corrected chi connectivity index (χ4v) is 6.81. The van der Waals surface area contributed by atoms with Crippen molar-refractivity contribution in [1.82, 2.24) is 14.5 Å². The molecule has 14 heteroatoms. The first-order valence-corrected chi connectivity index (χ1v) is 14.5. The minimum atomic E-state index is -4.98. The molecule has 1 unspecified atom stereocenters. The van der Waals surface area contributed by atoms with Crippen molar-refractivity contribution in [2.24, 2.45) is 0 Å². The van der Waals surface area contributed by atoms with Gasteiger partial charge in [0.15, 0.2) is 5.83 Å². The maximum atomic E-state index is 15.0. The number of aryl methyl sites for hydroxylation is 1. The van der Waals surface area contributed by atoms with Gasteiger partial charge in [0, 0.05) is 66.5 Å². The summed E-state index contributed by atoms with van der Waals surface area (Å²) < 4.78 is 87.9. The molecule has 1 fully saturated rings. The topological polar surface area (TPSA) is 75.5 Å². The molecule has 0 saturated carbocycles. The molecular formula is C29H26F6N4O3S. The van der Waals surface area contributed by atoms with Gasteiger partial charge >= 0.3 is 11.9 Å². The van der Waals surface area contributed by atoms with Gasteiger partial charge in [-0.3, -0.25) is 14.2 Å². The van der Waals surface area contributed by atoms with Crippen LogP contribution in [0.3, 0.4) is 0 Å². The van der Waals surface area contributed by atoms with Gasteiger partial charge in [0.1, 0.15) is 23.2 Å². The Morgan fingerprint density at radius 1 is 1.14 bits per heavy atom. The lowest BCUT2D eigenvalue weighted by atomic mass is 9.95. The van der Waals surface area contributed by atoms with Crippen LogP contribution in [0.15, 0.2) is 46.4 Å². The Balaban J connectivity index is 1.76. The van der Waals surface area contributed by atoms with Crippen LogP contribution < -0.4 is 10.6 Å². The maximum Gasteiger partial charge on any atom is 0.417 e. The van der Waals surface area contributed by atoms with E-state index >= 15 is 4.39 Å². The summed E-state index contributed by atoms with van der Waals surface area (Å²) in [6.07, 6.45) is -4.57. The second kappa shape index (κ2) is 11.7. The van der Waals surface area contributed by atoms with Gasteiger partial charge in [0.25, 0.3) is 5.91 Å². The van der Waals surface area contributed by atoms with E-state index in [1.165, 1.54) is 9.47 Å². The van der Waals surface area contributed by atoms with Gasteiger partial charge in [-0.1, -0.05) is 13.5 Å². The molecule has 1 amide bonds. The van der Waals surface area contributed by atoms with Crippen LogP contribution in [-0.4, -0.2) is 57.6 Å². The molecule has 0 aliphatic carbocycles. The Kier molecular flexibility index (Phi) is 8.34. The number of benzene rings is 2. The van der Waals surface area contributed by atoms with Crippen LogP contribution >= 0.6 is 11.8 Å². The second-order valence-electron chi connectivity index (χ2n) is 10.3. The molecular weight excluding hydrogens is 598 g/mol. The van der Waals surface area contributed by atoms with E-state index < -0.39 is 58.0 Å². The summed E-state index contributed by atoms with van der Waals surface area (Å²) >= 11 is 1.03. The molecule has 43 heavy (non-hydrogen) atoms. The zero-order chi connectivity index (χ0) is 31.2. The van der Waals surface area contributed by atoms with E-state index in [1.54, 1.807) is 6.92 Å². The number of hydrogen-bond acceptors (Lipinski definition) is 6. The number of hydrogen-bond donors (Lipinski definition) is 0. The summed E-state index contributed by atoms with van der Waals surface area (Å²) in [5.41, 5.74) is -2.77. The molecule has 3 aromatic rings. The van der Waals surface area contributed by atoms with Crippen LogP contribution in [0.4, 0.5) is 32.2 Å². The highest BCUT2D eigenvalue weighted by molar-refractivity contribution is 7.99. The third-order valence-electron chi connectivity index (χ3n) is 7.61. The predicted octanol–water partition coefficient (Wildman–Crippen LogP) is 5.73. The van der Waals surface area contributed by atoms with Crippen LogP contribution in [0.2, 0.25) is 0 Å². The number of carbonyl (C=O) groups excluding carboxylic acids is 2. The number of halogens is 6. The lowest BCUT2D eigenvalue weighted by molar-refractivity contribution is -0.137. The first-order valence-electron chi connectivity index (χ1n) is 13.5. The minimum Gasteiger partial charge on any atom is -0.352 e. The highest BCUT2D eigenvalue weighted by atomic mass is 32.2. The Bertz CT molecular complexity index is 1710. The van der Waals surface area contributed by atoms with E-state index in [-0.39, 0.29) is 66.4 Å².